The summed E-state index contributed by atoms with van der Waals surface area (Å²) in [5.74, 6) is 0. The van der Waals surface area contributed by atoms with Crippen molar-refractivity contribution in [3.8, 4) is 11.1 Å². The number of hydrogen-bond acceptors (Lipinski definition) is 2. The number of anilines is 2. The molecule has 2 heterocycles. The Kier molecular flexibility index (Phi) is 4.58. The average Bonchev–Trinajstić information content (AvgIpc) is 3.18. The van der Waals surface area contributed by atoms with E-state index in [1.54, 1.807) is 6.20 Å². The number of H-pyrrole nitrogens is 1. The number of pyridine rings is 1. The van der Waals surface area contributed by atoms with E-state index in [-0.39, 0.29) is 6.03 Å². The van der Waals surface area contributed by atoms with E-state index in [2.05, 4.69) is 27.5 Å². The van der Waals surface area contributed by atoms with Crippen LogP contribution in [0.2, 0.25) is 0 Å². The predicted octanol–water partition coefficient (Wildman–Crippen LogP) is 5.44. The number of hydrogen-bond donors (Lipinski definition) is 3. The van der Waals surface area contributed by atoms with Gasteiger partial charge in [-0.2, -0.15) is 0 Å². The minimum absolute atomic E-state index is 0.260. The average molecular weight is 356 g/mol. The van der Waals surface area contributed by atoms with E-state index in [1.165, 1.54) is 5.56 Å². The summed E-state index contributed by atoms with van der Waals surface area (Å²) in [5.41, 5.74) is 5.79. The normalized spacial score (nSPS) is 10.7. The van der Waals surface area contributed by atoms with Gasteiger partial charge in [0.1, 0.15) is 5.65 Å². The van der Waals surface area contributed by atoms with E-state index in [4.69, 9.17) is 0 Å². The lowest BCUT2D eigenvalue weighted by molar-refractivity contribution is 0.262. The van der Waals surface area contributed by atoms with Gasteiger partial charge in [-0.3, -0.25) is 0 Å². The van der Waals surface area contributed by atoms with Gasteiger partial charge in [0.15, 0.2) is 0 Å². The van der Waals surface area contributed by atoms with Crippen LogP contribution in [0.4, 0.5) is 16.2 Å². The molecule has 5 heteroatoms. The lowest BCUT2D eigenvalue weighted by Crippen LogP contribution is -2.19. The van der Waals surface area contributed by atoms with Gasteiger partial charge in [-0.1, -0.05) is 31.2 Å². The van der Waals surface area contributed by atoms with Gasteiger partial charge in [-0.05, 0) is 59.5 Å². The van der Waals surface area contributed by atoms with Crippen LogP contribution in [0.3, 0.4) is 0 Å². The molecule has 2 amide bonds. The highest BCUT2D eigenvalue weighted by Gasteiger charge is 2.07. The quantitative estimate of drug-likeness (QED) is 0.456. The first-order chi connectivity index (χ1) is 13.2. The summed E-state index contributed by atoms with van der Waals surface area (Å²) in [5, 5.41) is 6.78. The van der Waals surface area contributed by atoms with Gasteiger partial charge in [-0.15, -0.1) is 0 Å². The van der Waals surface area contributed by atoms with Crippen molar-refractivity contribution in [1.82, 2.24) is 9.97 Å². The molecule has 0 radical (unpaired) electrons. The Morgan fingerprint density at radius 1 is 0.926 bits per heavy atom. The third-order valence-electron chi connectivity index (χ3n) is 4.53. The lowest BCUT2D eigenvalue weighted by atomic mass is 10.0. The number of aromatic amines is 1. The number of aryl methyl sites for hydroxylation is 1. The topological polar surface area (TPSA) is 69.8 Å². The maximum Gasteiger partial charge on any atom is 0.323 e. The molecule has 0 bridgehead atoms. The summed E-state index contributed by atoms with van der Waals surface area (Å²) >= 11 is 0. The molecule has 0 spiro atoms. The molecular formula is C22H20N4O. The second-order valence-corrected chi connectivity index (χ2v) is 6.31. The number of nitrogens with one attached hydrogen (secondary N) is 3. The molecule has 3 N–H and O–H groups in total. The maximum absolute atomic E-state index is 12.2. The van der Waals surface area contributed by atoms with Crippen LogP contribution in [0.1, 0.15) is 12.5 Å². The molecule has 0 aliphatic heterocycles. The van der Waals surface area contributed by atoms with E-state index >= 15 is 0 Å². The molecule has 0 unspecified atom stereocenters. The van der Waals surface area contributed by atoms with Crippen molar-refractivity contribution in [2.45, 2.75) is 13.3 Å². The highest BCUT2D eigenvalue weighted by molar-refractivity contribution is 6.00. The van der Waals surface area contributed by atoms with Crippen molar-refractivity contribution in [2.24, 2.45) is 0 Å². The van der Waals surface area contributed by atoms with Crippen molar-refractivity contribution in [3.05, 3.63) is 78.6 Å². The fourth-order valence-electron chi connectivity index (χ4n) is 3.06. The number of fused-ring (bicyclic) bond motifs is 1. The Balaban J connectivity index is 1.46. The van der Waals surface area contributed by atoms with Gasteiger partial charge in [0.25, 0.3) is 0 Å². The minimum atomic E-state index is -0.260. The first kappa shape index (κ1) is 16.8. The van der Waals surface area contributed by atoms with Crippen molar-refractivity contribution in [2.75, 3.05) is 10.6 Å². The number of amides is 2. The van der Waals surface area contributed by atoms with E-state index in [0.29, 0.717) is 0 Å². The molecule has 2 aromatic carbocycles. The van der Waals surface area contributed by atoms with Gasteiger partial charge >= 0.3 is 6.03 Å². The van der Waals surface area contributed by atoms with Gasteiger partial charge in [0.2, 0.25) is 0 Å². The molecule has 27 heavy (non-hydrogen) atoms. The second-order valence-electron chi connectivity index (χ2n) is 6.31. The summed E-state index contributed by atoms with van der Waals surface area (Å²) in [7, 11) is 0. The number of urea groups is 1. The predicted molar refractivity (Wildman–Crippen MR) is 110 cm³/mol. The molecule has 0 aliphatic rings. The molecule has 2 aromatic heterocycles. The van der Waals surface area contributed by atoms with Crippen molar-refractivity contribution >= 4 is 28.4 Å². The lowest BCUT2D eigenvalue weighted by Gasteiger charge is -2.09. The zero-order valence-corrected chi connectivity index (χ0v) is 15.0. The third-order valence-corrected chi connectivity index (χ3v) is 4.53. The number of rotatable bonds is 4. The number of aromatic nitrogens is 2. The smallest absolute Gasteiger partial charge is 0.323 e. The number of nitrogens with zero attached hydrogens (tertiary/aromatic N) is 1. The zero-order chi connectivity index (χ0) is 18.6. The Hall–Kier alpha value is -3.60. The van der Waals surface area contributed by atoms with E-state index in [1.807, 2.05) is 66.9 Å². The van der Waals surface area contributed by atoms with Crippen LogP contribution in [0, 0.1) is 0 Å². The Morgan fingerprint density at radius 3 is 2.26 bits per heavy atom. The molecule has 0 saturated carbocycles. The molecule has 0 saturated heterocycles. The first-order valence-corrected chi connectivity index (χ1v) is 8.92. The summed E-state index contributed by atoms with van der Waals surface area (Å²) in [6.07, 6.45) is 4.65. The second kappa shape index (κ2) is 7.33. The Bertz CT molecular complexity index is 1070. The summed E-state index contributed by atoms with van der Waals surface area (Å²) < 4.78 is 0. The molecular weight excluding hydrogens is 336 g/mol. The van der Waals surface area contributed by atoms with E-state index < -0.39 is 0 Å². The van der Waals surface area contributed by atoms with Crippen LogP contribution < -0.4 is 10.6 Å². The van der Waals surface area contributed by atoms with E-state index in [0.717, 1.165) is 40.0 Å². The maximum atomic E-state index is 12.2. The SMILES string of the molecule is CCc1ccc(NC(=O)Nc2ccc(-c3ccnc4[nH]ccc34)cc2)cc1. The largest absolute Gasteiger partial charge is 0.346 e. The standard InChI is InChI=1S/C22H20N4O/c1-2-15-3-7-17(8-4-15)25-22(27)26-18-9-5-16(6-10-18)19-11-13-23-21-20(19)12-14-24-21/h3-14H,2H2,1H3,(H,23,24)(H2,25,26,27). The van der Waals surface area contributed by atoms with E-state index in [9.17, 15) is 4.79 Å². The van der Waals surface area contributed by atoms with Crippen LogP contribution in [-0.2, 0) is 6.42 Å². The van der Waals surface area contributed by atoms with Crippen molar-refractivity contribution in [1.29, 1.82) is 0 Å². The van der Waals surface area contributed by atoms with Crippen LogP contribution in [0.25, 0.3) is 22.2 Å². The molecule has 4 rings (SSSR count). The molecule has 134 valence electrons. The summed E-state index contributed by atoms with van der Waals surface area (Å²) in [4.78, 5) is 19.6. The highest BCUT2D eigenvalue weighted by Crippen LogP contribution is 2.27. The van der Waals surface area contributed by atoms with Gasteiger partial charge in [-0.25, -0.2) is 9.78 Å². The first-order valence-electron chi connectivity index (χ1n) is 8.92. The number of benzene rings is 2. The Morgan fingerprint density at radius 2 is 1.59 bits per heavy atom. The number of carbonyl (C=O) groups is 1. The van der Waals surface area contributed by atoms with Gasteiger partial charge < -0.3 is 15.6 Å². The van der Waals surface area contributed by atoms with Crippen LogP contribution in [-0.4, -0.2) is 16.0 Å². The summed E-state index contributed by atoms with van der Waals surface area (Å²) in [6.45, 7) is 2.10. The molecule has 4 aromatic rings. The third kappa shape index (κ3) is 3.67. The minimum Gasteiger partial charge on any atom is -0.346 e. The van der Waals surface area contributed by atoms with Crippen LogP contribution in [0.5, 0.6) is 0 Å². The fourth-order valence-corrected chi connectivity index (χ4v) is 3.06. The zero-order valence-electron chi connectivity index (χ0n) is 15.0. The van der Waals surface area contributed by atoms with Gasteiger partial charge in [0.05, 0.1) is 0 Å². The molecule has 5 nitrogen and oxygen atoms in total. The summed E-state index contributed by atoms with van der Waals surface area (Å²) in [6, 6.07) is 19.4. The molecule has 0 atom stereocenters. The monoisotopic (exact) mass is 356 g/mol. The highest BCUT2D eigenvalue weighted by atomic mass is 16.2. The number of carbonyl (C=O) groups excluding carboxylic acids is 1. The van der Waals surface area contributed by atoms with Crippen molar-refractivity contribution in [3.63, 3.8) is 0 Å². The van der Waals surface area contributed by atoms with Crippen LogP contribution in [0.15, 0.2) is 73.1 Å². The van der Waals surface area contributed by atoms with Gasteiger partial charge in [0, 0.05) is 29.2 Å². The Labute approximate surface area is 157 Å². The fraction of sp³-hybridized carbons (Fsp3) is 0.0909. The molecule has 0 fully saturated rings. The van der Waals surface area contributed by atoms with Crippen LogP contribution >= 0.6 is 0 Å². The molecule has 0 aliphatic carbocycles. The van der Waals surface area contributed by atoms with Crippen molar-refractivity contribution < 1.29 is 4.79 Å².